The minimum absolute atomic E-state index is 0.244. The Kier molecular flexibility index (Phi) is 4.04. The second-order valence-corrected chi connectivity index (χ2v) is 6.06. The lowest BCUT2D eigenvalue weighted by Gasteiger charge is -2.12. The molecule has 0 aliphatic carbocycles. The minimum atomic E-state index is 0.244. The molecule has 2 nitrogen and oxygen atoms in total. The van der Waals surface area contributed by atoms with E-state index >= 15 is 0 Å². The van der Waals surface area contributed by atoms with Gasteiger partial charge in [0.2, 0.25) is 0 Å². The van der Waals surface area contributed by atoms with Crippen molar-refractivity contribution in [2.75, 3.05) is 5.32 Å². The van der Waals surface area contributed by atoms with Crippen molar-refractivity contribution in [2.45, 2.75) is 6.54 Å². The lowest BCUT2D eigenvalue weighted by Crippen LogP contribution is -2.00. The highest BCUT2D eigenvalue weighted by Crippen LogP contribution is 2.31. The molecule has 0 heterocycles. The molecule has 0 bridgehead atoms. The number of phenolic OH excluding ortho intramolecular Hbond substituents is 1. The molecule has 0 aliphatic rings. The van der Waals surface area contributed by atoms with Crippen LogP contribution in [0.5, 0.6) is 5.75 Å². The molecule has 3 rings (SSSR count). The Morgan fingerprint density at radius 2 is 1.76 bits per heavy atom. The Labute approximate surface area is 136 Å². The normalized spacial score (nSPS) is 10.8. The van der Waals surface area contributed by atoms with Crippen LogP contribution in [0.25, 0.3) is 10.8 Å². The van der Waals surface area contributed by atoms with E-state index in [-0.39, 0.29) is 5.75 Å². The van der Waals surface area contributed by atoms with Gasteiger partial charge in [-0.15, -0.1) is 0 Å². The van der Waals surface area contributed by atoms with Crippen molar-refractivity contribution in [1.82, 2.24) is 0 Å². The predicted octanol–water partition coefficient (Wildman–Crippen LogP) is 5.57. The van der Waals surface area contributed by atoms with Crippen molar-refractivity contribution in [3.05, 3.63) is 69.7 Å². The Morgan fingerprint density at radius 3 is 2.57 bits per heavy atom. The largest absolute Gasteiger partial charge is 0.508 e. The summed E-state index contributed by atoms with van der Waals surface area (Å²) in [4.78, 5) is 0. The van der Waals surface area contributed by atoms with Gasteiger partial charge in [0, 0.05) is 32.7 Å². The zero-order valence-corrected chi connectivity index (χ0v) is 13.4. The van der Waals surface area contributed by atoms with Gasteiger partial charge in [0.1, 0.15) is 5.75 Å². The van der Waals surface area contributed by atoms with E-state index in [0.717, 1.165) is 26.5 Å². The van der Waals surface area contributed by atoms with E-state index in [1.165, 1.54) is 0 Å². The molecular formula is C17H13BrClNO. The zero-order valence-electron chi connectivity index (χ0n) is 11.1. The lowest BCUT2D eigenvalue weighted by atomic mass is 10.1. The highest BCUT2D eigenvalue weighted by atomic mass is 79.9. The van der Waals surface area contributed by atoms with Crippen molar-refractivity contribution in [1.29, 1.82) is 0 Å². The van der Waals surface area contributed by atoms with E-state index < -0.39 is 0 Å². The van der Waals surface area contributed by atoms with E-state index in [0.29, 0.717) is 11.6 Å². The van der Waals surface area contributed by atoms with Crippen LogP contribution < -0.4 is 5.32 Å². The topological polar surface area (TPSA) is 32.3 Å². The number of nitrogens with one attached hydrogen (secondary N) is 1. The molecule has 0 aromatic heterocycles. The van der Waals surface area contributed by atoms with Crippen LogP contribution in [0.15, 0.2) is 59.1 Å². The van der Waals surface area contributed by atoms with Crippen LogP contribution in [0.4, 0.5) is 5.69 Å². The minimum Gasteiger partial charge on any atom is -0.508 e. The molecule has 4 heteroatoms. The number of benzene rings is 3. The number of halogens is 2. The average Bonchev–Trinajstić information content (AvgIpc) is 2.50. The van der Waals surface area contributed by atoms with Gasteiger partial charge < -0.3 is 10.4 Å². The van der Waals surface area contributed by atoms with Crippen LogP contribution in [-0.4, -0.2) is 5.11 Å². The molecule has 2 N–H and O–H groups in total. The molecule has 3 aromatic carbocycles. The van der Waals surface area contributed by atoms with E-state index in [1.807, 2.05) is 24.3 Å². The van der Waals surface area contributed by atoms with E-state index in [2.05, 4.69) is 33.4 Å². The van der Waals surface area contributed by atoms with Gasteiger partial charge in [0.25, 0.3) is 0 Å². The van der Waals surface area contributed by atoms with Crippen molar-refractivity contribution in [3.63, 3.8) is 0 Å². The fourth-order valence-corrected chi connectivity index (χ4v) is 2.98. The maximum atomic E-state index is 9.86. The molecule has 0 saturated carbocycles. The van der Waals surface area contributed by atoms with Gasteiger partial charge in [-0.05, 0) is 35.7 Å². The maximum absolute atomic E-state index is 9.86. The number of anilines is 1. The fourth-order valence-electron chi connectivity index (χ4n) is 2.30. The van der Waals surface area contributed by atoms with Crippen molar-refractivity contribution < 1.29 is 5.11 Å². The molecule has 0 aliphatic heterocycles. The molecule has 0 fully saturated rings. The first-order valence-corrected chi connectivity index (χ1v) is 7.71. The number of phenols is 1. The highest BCUT2D eigenvalue weighted by molar-refractivity contribution is 9.10. The zero-order chi connectivity index (χ0) is 14.8. The molecular weight excluding hydrogens is 350 g/mol. The number of hydrogen-bond acceptors (Lipinski definition) is 2. The Balaban J connectivity index is 1.92. The van der Waals surface area contributed by atoms with E-state index in [9.17, 15) is 5.11 Å². The molecule has 0 unspecified atom stereocenters. The van der Waals surface area contributed by atoms with Crippen molar-refractivity contribution >= 4 is 44.0 Å². The summed E-state index contributed by atoms with van der Waals surface area (Å²) in [7, 11) is 0. The van der Waals surface area contributed by atoms with Crippen LogP contribution in [0.1, 0.15) is 5.56 Å². The molecule has 21 heavy (non-hydrogen) atoms. The van der Waals surface area contributed by atoms with Crippen LogP contribution in [0, 0.1) is 0 Å². The van der Waals surface area contributed by atoms with Crippen molar-refractivity contribution in [2.24, 2.45) is 0 Å². The predicted molar refractivity (Wildman–Crippen MR) is 92.1 cm³/mol. The van der Waals surface area contributed by atoms with Gasteiger partial charge in [-0.1, -0.05) is 51.8 Å². The molecule has 106 valence electrons. The highest BCUT2D eigenvalue weighted by Gasteiger charge is 2.06. The molecule has 3 aromatic rings. The van der Waals surface area contributed by atoms with Gasteiger partial charge in [-0.3, -0.25) is 0 Å². The number of fused-ring (bicyclic) bond motifs is 1. The van der Waals surface area contributed by atoms with Crippen molar-refractivity contribution in [3.8, 4) is 5.75 Å². The maximum Gasteiger partial charge on any atom is 0.120 e. The fraction of sp³-hybridized carbons (Fsp3) is 0.0588. The van der Waals surface area contributed by atoms with Crippen LogP contribution in [0.2, 0.25) is 5.02 Å². The Morgan fingerprint density at radius 1 is 1.00 bits per heavy atom. The molecule has 0 radical (unpaired) electrons. The lowest BCUT2D eigenvalue weighted by molar-refractivity contribution is 0.469. The summed E-state index contributed by atoms with van der Waals surface area (Å²) >= 11 is 9.53. The van der Waals surface area contributed by atoms with Gasteiger partial charge in [0.15, 0.2) is 0 Å². The second-order valence-electron chi connectivity index (χ2n) is 4.77. The first-order valence-electron chi connectivity index (χ1n) is 6.53. The van der Waals surface area contributed by atoms with Crippen LogP contribution >= 0.6 is 27.5 Å². The summed E-state index contributed by atoms with van der Waals surface area (Å²) in [5.41, 5.74) is 1.79. The summed E-state index contributed by atoms with van der Waals surface area (Å²) < 4.78 is 1.06. The molecule has 0 saturated heterocycles. The molecule has 0 spiro atoms. The molecule has 0 amide bonds. The summed E-state index contributed by atoms with van der Waals surface area (Å²) in [6.07, 6.45) is 0. The Hall–Kier alpha value is -1.71. The third-order valence-electron chi connectivity index (χ3n) is 3.38. The summed E-state index contributed by atoms with van der Waals surface area (Å²) in [5, 5.41) is 16.1. The third-order valence-corrected chi connectivity index (χ3v) is 4.31. The number of hydrogen-bond donors (Lipinski definition) is 2. The SMILES string of the molecule is Oc1ccc(Cl)cc1CNc1ccc(Br)c2ccccc12. The van der Waals surface area contributed by atoms with Gasteiger partial charge >= 0.3 is 0 Å². The number of aromatic hydroxyl groups is 1. The van der Waals surface area contributed by atoms with Crippen LogP contribution in [0.3, 0.4) is 0 Å². The van der Waals surface area contributed by atoms with Gasteiger partial charge in [-0.25, -0.2) is 0 Å². The average molecular weight is 363 g/mol. The second kappa shape index (κ2) is 5.96. The summed E-state index contributed by atoms with van der Waals surface area (Å²) in [6.45, 7) is 0.512. The Bertz CT molecular complexity index is 804. The smallest absolute Gasteiger partial charge is 0.120 e. The quantitative estimate of drug-likeness (QED) is 0.638. The standard InChI is InChI=1S/C17H13BrClNO/c18-15-6-7-16(14-4-2-1-3-13(14)15)20-10-11-9-12(19)5-8-17(11)21/h1-9,20-21H,10H2. The number of rotatable bonds is 3. The summed E-state index contributed by atoms with van der Waals surface area (Å²) in [6, 6.07) is 17.3. The first-order chi connectivity index (χ1) is 10.1. The monoisotopic (exact) mass is 361 g/mol. The first kappa shape index (κ1) is 14.2. The third kappa shape index (κ3) is 2.99. The van der Waals surface area contributed by atoms with Gasteiger partial charge in [0.05, 0.1) is 0 Å². The van der Waals surface area contributed by atoms with E-state index in [4.69, 9.17) is 11.6 Å². The van der Waals surface area contributed by atoms with Gasteiger partial charge in [-0.2, -0.15) is 0 Å². The van der Waals surface area contributed by atoms with E-state index in [1.54, 1.807) is 18.2 Å². The molecule has 0 atom stereocenters. The summed E-state index contributed by atoms with van der Waals surface area (Å²) in [5.74, 6) is 0.244. The van der Waals surface area contributed by atoms with Crippen LogP contribution in [-0.2, 0) is 6.54 Å².